The Kier molecular flexibility index (Phi) is 10.8. The van der Waals surface area contributed by atoms with Gasteiger partial charge in [0.15, 0.2) is 0 Å². The SMILES string of the molecule is CCOc1ccc(-c2nc(-c3cc(CC(C)Oc4ccc(-c5nc(-c6cccc7c6CCC7NCCOC)no5)cc4C#N)cc4c3CCC4O)no2)cc1C#N. The van der Waals surface area contributed by atoms with E-state index in [2.05, 4.69) is 33.8 Å². The van der Waals surface area contributed by atoms with Gasteiger partial charge in [-0.05, 0) is 110 Å². The van der Waals surface area contributed by atoms with Gasteiger partial charge in [-0.25, -0.2) is 0 Å². The fourth-order valence-corrected chi connectivity index (χ4v) is 7.87. The molecule has 3 atom stereocenters. The van der Waals surface area contributed by atoms with Crippen LogP contribution in [0.25, 0.3) is 45.7 Å². The number of methoxy groups -OCH3 is 1. The zero-order valence-electron chi connectivity index (χ0n) is 31.9. The van der Waals surface area contributed by atoms with Crippen molar-refractivity contribution in [3.05, 3.63) is 106 Å². The van der Waals surface area contributed by atoms with Gasteiger partial charge in [0, 0.05) is 48.4 Å². The number of ether oxygens (including phenoxy) is 3. The Hall–Kier alpha value is -6.38. The number of fused-ring (bicyclic) bond motifs is 2. The maximum Gasteiger partial charge on any atom is 0.258 e. The van der Waals surface area contributed by atoms with E-state index in [9.17, 15) is 15.6 Å². The molecule has 13 nitrogen and oxygen atoms in total. The molecule has 2 aliphatic carbocycles. The summed E-state index contributed by atoms with van der Waals surface area (Å²) in [4.78, 5) is 9.43. The molecule has 4 aromatic carbocycles. The lowest BCUT2D eigenvalue weighted by Gasteiger charge is -2.18. The topological polar surface area (TPSA) is 185 Å². The molecule has 0 bridgehead atoms. The smallest absolute Gasteiger partial charge is 0.258 e. The van der Waals surface area contributed by atoms with Gasteiger partial charge in [0.05, 0.1) is 36.5 Å². The standard InChI is InChI=1S/C44H41N7O6/c1-4-54-39-14-8-27(21-29(39)23-45)44-49-42(51-57-44)36-20-26(19-35-32(36)11-13-38(35)52)18-25(2)55-40-15-9-28(22-30(40)24-46)43-48-41(50-56-43)34-7-5-6-33-31(34)10-12-37(33)47-16-17-53-3/h5-9,14-15,19-22,25,37-38,47,52H,4,10-13,16-18H2,1-3H3. The summed E-state index contributed by atoms with van der Waals surface area (Å²) in [5.41, 5.74) is 8.80. The number of rotatable bonds is 14. The maximum atomic E-state index is 10.9. The van der Waals surface area contributed by atoms with Crippen molar-refractivity contribution in [2.75, 3.05) is 26.9 Å². The van der Waals surface area contributed by atoms with Crippen LogP contribution in [-0.2, 0) is 24.0 Å². The highest BCUT2D eigenvalue weighted by molar-refractivity contribution is 5.69. The Labute approximate surface area is 329 Å². The van der Waals surface area contributed by atoms with Gasteiger partial charge in [0.25, 0.3) is 11.8 Å². The average Bonchev–Trinajstić information content (AvgIpc) is 4.06. The van der Waals surface area contributed by atoms with E-state index in [0.29, 0.717) is 83.8 Å². The average molecular weight is 764 g/mol. The van der Waals surface area contributed by atoms with E-state index in [1.54, 1.807) is 37.4 Å². The normalized spacial score (nSPS) is 16.1. The third-order valence-corrected chi connectivity index (χ3v) is 10.5. The number of hydrogen-bond acceptors (Lipinski definition) is 13. The summed E-state index contributed by atoms with van der Waals surface area (Å²) in [6.45, 7) is 5.66. The van der Waals surface area contributed by atoms with Crippen LogP contribution >= 0.6 is 0 Å². The minimum Gasteiger partial charge on any atom is -0.492 e. The second-order valence-corrected chi connectivity index (χ2v) is 14.2. The van der Waals surface area contributed by atoms with Gasteiger partial charge in [0.2, 0.25) is 11.6 Å². The van der Waals surface area contributed by atoms with Crippen LogP contribution < -0.4 is 14.8 Å². The van der Waals surface area contributed by atoms with Crippen LogP contribution in [0.3, 0.4) is 0 Å². The van der Waals surface area contributed by atoms with Crippen molar-refractivity contribution in [2.45, 2.75) is 64.2 Å². The zero-order chi connectivity index (χ0) is 39.5. The summed E-state index contributed by atoms with van der Waals surface area (Å²) < 4.78 is 28.5. The molecule has 57 heavy (non-hydrogen) atoms. The molecule has 0 aliphatic heterocycles. The summed E-state index contributed by atoms with van der Waals surface area (Å²) in [6.07, 6.45) is 2.67. The molecule has 0 saturated heterocycles. The highest BCUT2D eigenvalue weighted by Gasteiger charge is 2.28. The van der Waals surface area contributed by atoms with Gasteiger partial charge in [-0.1, -0.05) is 34.6 Å². The van der Waals surface area contributed by atoms with E-state index in [1.807, 2.05) is 44.2 Å². The van der Waals surface area contributed by atoms with E-state index in [0.717, 1.165) is 47.2 Å². The fourth-order valence-electron chi connectivity index (χ4n) is 7.87. The van der Waals surface area contributed by atoms with Crippen molar-refractivity contribution in [1.82, 2.24) is 25.6 Å². The van der Waals surface area contributed by atoms with Crippen LogP contribution in [0.2, 0.25) is 0 Å². The first-order valence-electron chi connectivity index (χ1n) is 19.1. The lowest BCUT2D eigenvalue weighted by atomic mass is 9.96. The molecule has 0 spiro atoms. The molecule has 2 N–H and O–H groups in total. The van der Waals surface area contributed by atoms with E-state index >= 15 is 0 Å². The molecule has 2 aliphatic rings. The number of hydrogen-bond donors (Lipinski definition) is 2. The highest BCUT2D eigenvalue weighted by atomic mass is 16.5. The summed E-state index contributed by atoms with van der Waals surface area (Å²) in [5.74, 6) is 2.40. The van der Waals surface area contributed by atoms with Crippen LogP contribution in [0.4, 0.5) is 0 Å². The summed E-state index contributed by atoms with van der Waals surface area (Å²) in [6, 6.07) is 25.3. The van der Waals surface area contributed by atoms with Gasteiger partial charge in [0.1, 0.15) is 23.6 Å². The largest absolute Gasteiger partial charge is 0.492 e. The minimum atomic E-state index is -0.614. The van der Waals surface area contributed by atoms with Crippen LogP contribution in [-0.4, -0.2) is 58.4 Å². The van der Waals surface area contributed by atoms with Crippen molar-refractivity contribution >= 4 is 0 Å². The Balaban J connectivity index is 0.991. The third-order valence-electron chi connectivity index (χ3n) is 10.5. The zero-order valence-corrected chi connectivity index (χ0v) is 31.9. The van der Waals surface area contributed by atoms with Gasteiger partial charge >= 0.3 is 0 Å². The Morgan fingerprint density at radius 1 is 0.842 bits per heavy atom. The van der Waals surface area contributed by atoms with Gasteiger partial charge < -0.3 is 33.7 Å². The molecule has 8 rings (SSSR count). The van der Waals surface area contributed by atoms with Crippen LogP contribution in [0.5, 0.6) is 11.5 Å². The molecule has 0 saturated carbocycles. The first kappa shape index (κ1) is 37.5. The molecular weight excluding hydrogens is 723 g/mol. The molecule has 2 aromatic heterocycles. The van der Waals surface area contributed by atoms with Gasteiger partial charge in [-0.2, -0.15) is 20.5 Å². The Morgan fingerprint density at radius 2 is 1.51 bits per heavy atom. The monoisotopic (exact) mass is 763 g/mol. The van der Waals surface area contributed by atoms with E-state index in [-0.39, 0.29) is 18.0 Å². The number of aliphatic hydroxyl groups excluding tert-OH is 1. The number of aliphatic hydroxyl groups is 1. The Morgan fingerprint density at radius 3 is 2.21 bits per heavy atom. The highest BCUT2D eigenvalue weighted by Crippen LogP contribution is 2.40. The summed E-state index contributed by atoms with van der Waals surface area (Å²) in [5, 5.41) is 42.9. The van der Waals surface area contributed by atoms with E-state index < -0.39 is 6.10 Å². The molecular formula is C44H41N7O6. The molecule has 2 heterocycles. The molecule has 0 fully saturated rings. The van der Waals surface area contributed by atoms with Crippen LogP contribution in [0, 0.1) is 22.7 Å². The minimum absolute atomic E-state index is 0.251. The van der Waals surface area contributed by atoms with Crippen LogP contribution in [0.15, 0.2) is 75.8 Å². The van der Waals surface area contributed by atoms with Crippen molar-refractivity contribution in [2.24, 2.45) is 0 Å². The third kappa shape index (κ3) is 7.61. The van der Waals surface area contributed by atoms with Gasteiger partial charge in [-0.3, -0.25) is 0 Å². The number of nitriles is 2. The first-order valence-corrected chi connectivity index (χ1v) is 19.1. The van der Waals surface area contributed by atoms with Crippen molar-refractivity contribution in [1.29, 1.82) is 10.5 Å². The summed E-state index contributed by atoms with van der Waals surface area (Å²) >= 11 is 0. The second-order valence-electron chi connectivity index (χ2n) is 14.2. The van der Waals surface area contributed by atoms with Crippen molar-refractivity contribution in [3.63, 3.8) is 0 Å². The van der Waals surface area contributed by atoms with Gasteiger partial charge in [-0.15, -0.1) is 0 Å². The summed E-state index contributed by atoms with van der Waals surface area (Å²) in [7, 11) is 1.70. The predicted molar refractivity (Wildman–Crippen MR) is 209 cm³/mol. The first-order chi connectivity index (χ1) is 27.9. The van der Waals surface area contributed by atoms with Crippen molar-refractivity contribution < 1.29 is 28.4 Å². The van der Waals surface area contributed by atoms with E-state index in [1.165, 1.54) is 11.1 Å². The number of benzene rings is 4. The molecule has 0 radical (unpaired) electrons. The molecule has 13 heteroatoms. The maximum absolute atomic E-state index is 10.9. The number of nitrogens with zero attached hydrogens (tertiary/aromatic N) is 6. The number of aromatic nitrogens is 4. The van der Waals surface area contributed by atoms with E-state index in [4.69, 9.17) is 33.2 Å². The molecule has 0 amide bonds. The molecule has 288 valence electrons. The molecule has 3 unspecified atom stereocenters. The fraction of sp³-hybridized carbons (Fsp3) is 0.318. The molecule has 6 aromatic rings. The lowest BCUT2D eigenvalue weighted by Crippen LogP contribution is -2.23. The van der Waals surface area contributed by atoms with Crippen molar-refractivity contribution in [3.8, 4) is 69.3 Å². The quantitative estimate of drug-likeness (QED) is 0.104. The number of nitrogens with one attached hydrogen (secondary N) is 1. The second kappa shape index (κ2) is 16.4. The van der Waals surface area contributed by atoms with Crippen LogP contribution in [0.1, 0.15) is 77.8 Å². The Bertz CT molecular complexity index is 2510. The predicted octanol–water partition coefficient (Wildman–Crippen LogP) is 7.48. The lowest BCUT2D eigenvalue weighted by molar-refractivity contribution is 0.179.